The first-order chi connectivity index (χ1) is 6.36. The van der Waals surface area contributed by atoms with Crippen molar-refractivity contribution in [2.75, 3.05) is 6.54 Å². The molecular weight excluding hydrogens is 166 g/mol. The monoisotopic (exact) mass is 177 g/mol. The molecule has 68 valence electrons. The molecule has 4 nitrogen and oxygen atoms in total. The van der Waals surface area contributed by atoms with Gasteiger partial charge in [0, 0.05) is 18.9 Å². The number of nitrogens with zero attached hydrogens (tertiary/aromatic N) is 2. The maximum Gasteiger partial charge on any atom is 0.289 e. The fourth-order valence-corrected chi connectivity index (χ4v) is 1.05. The van der Waals surface area contributed by atoms with Crippen molar-refractivity contribution in [2.45, 2.75) is 12.8 Å². The van der Waals surface area contributed by atoms with E-state index in [2.05, 4.69) is 15.3 Å². The van der Waals surface area contributed by atoms with Gasteiger partial charge < -0.3 is 5.32 Å². The van der Waals surface area contributed by atoms with Gasteiger partial charge in [-0.05, 0) is 24.8 Å². The minimum absolute atomic E-state index is 0.174. The smallest absolute Gasteiger partial charge is 0.289 e. The molecule has 0 aromatic carbocycles. The molecule has 1 saturated carbocycles. The van der Waals surface area contributed by atoms with Gasteiger partial charge in [0.2, 0.25) is 5.82 Å². The van der Waals surface area contributed by atoms with Gasteiger partial charge in [-0.15, -0.1) is 0 Å². The van der Waals surface area contributed by atoms with Gasteiger partial charge in [0.1, 0.15) is 0 Å². The van der Waals surface area contributed by atoms with Crippen LogP contribution < -0.4 is 5.32 Å². The standard InChI is InChI=1S/C9H11N3O/c13-9(12-6-7-2-3-7)8-10-4-1-5-11-8/h1,4-5,7H,2-3,6H2,(H,12,13). The van der Waals surface area contributed by atoms with Gasteiger partial charge in [-0.3, -0.25) is 4.79 Å². The average molecular weight is 177 g/mol. The molecule has 2 rings (SSSR count). The summed E-state index contributed by atoms with van der Waals surface area (Å²) in [6.45, 7) is 0.761. The van der Waals surface area contributed by atoms with Crippen LogP contribution in [-0.2, 0) is 0 Å². The molecule has 13 heavy (non-hydrogen) atoms. The van der Waals surface area contributed by atoms with E-state index in [1.807, 2.05) is 0 Å². The minimum atomic E-state index is -0.174. The van der Waals surface area contributed by atoms with Crippen molar-refractivity contribution < 1.29 is 4.79 Å². The van der Waals surface area contributed by atoms with Crippen LogP contribution in [0.25, 0.3) is 0 Å². The van der Waals surface area contributed by atoms with Gasteiger partial charge in [-0.1, -0.05) is 0 Å². The van der Waals surface area contributed by atoms with Crippen LogP contribution in [0, 0.1) is 5.92 Å². The molecule has 1 amide bonds. The second-order valence-corrected chi connectivity index (χ2v) is 3.23. The van der Waals surface area contributed by atoms with Crippen LogP contribution in [-0.4, -0.2) is 22.4 Å². The molecular formula is C9H11N3O. The highest BCUT2D eigenvalue weighted by atomic mass is 16.2. The summed E-state index contributed by atoms with van der Waals surface area (Å²) in [5.74, 6) is 0.767. The molecule has 0 radical (unpaired) electrons. The molecule has 0 spiro atoms. The molecule has 0 unspecified atom stereocenters. The lowest BCUT2D eigenvalue weighted by molar-refractivity contribution is 0.0941. The number of rotatable bonds is 3. The quantitative estimate of drug-likeness (QED) is 0.736. The summed E-state index contributed by atoms with van der Waals surface area (Å²) < 4.78 is 0. The molecule has 1 aliphatic rings. The van der Waals surface area contributed by atoms with Crippen molar-refractivity contribution in [1.82, 2.24) is 15.3 Å². The van der Waals surface area contributed by atoms with E-state index >= 15 is 0 Å². The van der Waals surface area contributed by atoms with E-state index in [1.54, 1.807) is 18.5 Å². The summed E-state index contributed by atoms with van der Waals surface area (Å²) in [6.07, 6.45) is 5.60. The second-order valence-electron chi connectivity index (χ2n) is 3.23. The summed E-state index contributed by atoms with van der Waals surface area (Å²) >= 11 is 0. The van der Waals surface area contributed by atoms with E-state index in [4.69, 9.17) is 0 Å². The van der Waals surface area contributed by atoms with Crippen LogP contribution >= 0.6 is 0 Å². The van der Waals surface area contributed by atoms with E-state index in [1.165, 1.54) is 12.8 Å². The maximum atomic E-state index is 11.3. The Balaban J connectivity index is 1.89. The zero-order valence-electron chi connectivity index (χ0n) is 7.23. The van der Waals surface area contributed by atoms with Gasteiger partial charge in [0.15, 0.2) is 0 Å². The third kappa shape index (κ3) is 2.24. The molecule has 0 bridgehead atoms. The van der Waals surface area contributed by atoms with Gasteiger partial charge in [0.25, 0.3) is 5.91 Å². The fraction of sp³-hybridized carbons (Fsp3) is 0.444. The predicted octanol–water partition coefficient (Wildman–Crippen LogP) is 0.616. The third-order valence-electron chi connectivity index (χ3n) is 2.02. The van der Waals surface area contributed by atoms with E-state index in [9.17, 15) is 4.79 Å². The topological polar surface area (TPSA) is 54.9 Å². The van der Waals surface area contributed by atoms with Crippen LogP contribution in [0.15, 0.2) is 18.5 Å². The number of hydrogen-bond acceptors (Lipinski definition) is 3. The zero-order chi connectivity index (χ0) is 9.10. The second kappa shape index (κ2) is 3.51. The summed E-state index contributed by atoms with van der Waals surface area (Å²) in [6, 6.07) is 1.69. The van der Waals surface area contributed by atoms with E-state index in [-0.39, 0.29) is 11.7 Å². The highest BCUT2D eigenvalue weighted by Gasteiger charge is 2.22. The fourth-order valence-electron chi connectivity index (χ4n) is 1.05. The van der Waals surface area contributed by atoms with Crippen molar-refractivity contribution in [1.29, 1.82) is 0 Å². The van der Waals surface area contributed by atoms with Crippen molar-refractivity contribution in [2.24, 2.45) is 5.92 Å². The lowest BCUT2D eigenvalue weighted by Gasteiger charge is -2.00. The number of carbonyl (C=O) groups excluding carboxylic acids is 1. The van der Waals surface area contributed by atoms with Crippen molar-refractivity contribution in [3.05, 3.63) is 24.3 Å². The molecule has 1 aromatic rings. The summed E-state index contributed by atoms with van der Waals surface area (Å²) in [7, 11) is 0. The normalized spacial score (nSPS) is 15.4. The average Bonchev–Trinajstić information content (AvgIpc) is 2.99. The summed E-state index contributed by atoms with van der Waals surface area (Å²) in [4.78, 5) is 19.0. The number of carbonyl (C=O) groups is 1. The Morgan fingerprint density at radius 2 is 2.15 bits per heavy atom. The SMILES string of the molecule is O=C(NCC1CC1)c1ncccn1. The Bertz CT molecular complexity index is 295. The molecule has 0 saturated heterocycles. The van der Waals surface area contributed by atoms with Gasteiger partial charge >= 0.3 is 0 Å². The molecule has 0 atom stereocenters. The minimum Gasteiger partial charge on any atom is -0.349 e. The Labute approximate surface area is 76.4 Å². The van der Waals surface area contributed by atoms with E-state index in [0.717, 1.165) is 6.54 Å². The van der Waals surface area contributed by atoms with Crippen LogP contribution in [0.1, 0.15) is 23.5 Å². The van der Waals surface area contributed by atoms with Crippen molar-refractivity contribution >= 4 is 5.91 Å². The lowest BCUT2D eigenvalue weighted by Crippen LogP contribution is -2.27. The molecule has 1 heterocycles. The molecule has 1 aromatic heterocycles. The van der Waals surface area contributed by atoms with Crippen LogP contribution in [0.3, 0.4) is 0 Å². The number of aromatic nitrogens is 2. The lowest BCUT2D eigenvalue weighted by atomic mass is 10.4. The molecule has 4 heteroatoms. The largest absolute Gasteiger partial charge is 0.349 e. The number of amides is 1. The first-order valence-corrected chi connectivity index (χ1v) is 4.41. The van der Waals surface area contributed by atoms with E-state index < -0.39 is 0 Å². The Kier molecular flexibility index (Phi) is 2.21. The summed E-state index contributed by atoms with van der Waals surface area (Å²) in [5, 5.41) is 2.80. The third-order valence-corrected chi connectivity index (χ3v) is 2.02. The Morgan fingerprint density at radius 3 is 2.77 bits per heavy atom. The van der Waals surface area contributed by atoms with Gasteiger partial charge in [0.05, 0.1) is 0 Å². The zero-order valence-corrected chi connectivity index (χ0v) is 7.23. The molecule has 0 aliphatic heterocycles. The maximum absolute atomic E-state index is 11.3. The van der Waals surface area contributed by atoms with Crippen LogP contribution in [0.2, 0.25) is 0 Å². The van der Waals surface area contributed by atoms with Crippen LogP contribution in [0.4, 0.5) is 0 Å². The first kappa shape index (κ1) is 8.16. The summed E-state index contributed by atoms with van der Waals surface area (Å²) in [5.41, 5.74) is 0. The van der Waals surface area contributed by atoms with Crippen molar-refractivity contribution in [3.8, 4) is 0 Å². The number of nitrogens with one attached hydrogen (secondary N) is 1. The Hall–Kier alpha value is -1.45. The van der Waals surface area contributed by atoms with E-state index in [0.29, 0.717) is 5.92 Å². The number of hydrogen-bond donors (Lipinski definition) is 1. The molecule has 1 fully saturated rings. The molecule has 1 aliphatic carbocycles. The highest BCUT2D eigenvalue weighted by molar-refractivity contribution is 5.90. The van der Waals surface area contributed by atoms with Crippen LogP contribution in [0.5, 0.6) is 0 Å². The molecule has 1 N–H and O–H groups in total. The predicted molar refractivity (Wildman–Crippen MR) is 47.1 cm³/mol. The Morgan fingerprint density at radius 1 is 1.46 bits per heavy atom. The first-order valence-electron chi connectivity index (χ1n) is 4.41. The van der Waals surface area contributed by atoms with Gasteiger partial charge in [-0.25, -0.2) is 9.97 Å². The van der Waals surface area contributed by atoms with Crippen molar-refractivity contribution in [3.63, 3.8) is 0 Å². The highest BCUT2D eigenvalue weighted by Crippen LogP contribution is 2.27. The van der Waals surface area contributed by atoms with Gasteiger partial charge in [-0.2, -0.15) is 0 Å².